The van der Waals surface area contributed by atoms with E-state index in [2.05, 4.69) is 43.2 Å². The van der Waals surface area contributed by atoms with Gasteiger partial charge in [-0.1, -0.05) is 15.9 Å². The summed E-state index contributed by atoms with van der Waals surface area (Å²) >= 11 is 6.89. The fraction of sp³-hybridized carbons (Fsp3) is 0.333. The van der Waals surface area contributed by atoms with Crippen molar-refractivity contribution in [2.75, 3.05) is 12.3 Å². The summed E-state index contributed by atoms with van der Waals surface area (Å²) < 4.78 is 2.03. The van der Waals surface area contributed by atoms with Crippen molar-refractivity contribution in [1.29, 1.82) is 0 Å². The summed E-state index contributed by atoms with van der Waals surface area (Å²) in [5.74, 6) is 0. The molecule has 1 aromatic carbocycles. The van der Waals surface area contributed by atoms with E-state index in [0.29, 0.717) is 6.04 Å². The van der Waals surface area contributed by atoms with Crippen molar-refractivity contribution in [3.05, 3.63) is 26.6 Å². The van der Waals surface area contributed by atoms with E-state index in [9.17, 15) is 0 Å². The molecule has 2 rings (SSSR count). The maximum atomic E-state index is 5.95. The van der Waals surface area contributed by atoms with E-state index in [0.717, 1.165) is 21.2 Å². The summed E-state index contributed by atoms with van der Waals surface area (Å²) in [5, 5.41) is 3.34. The first kappa shape index (κ1) is 12.3. The molecule has 0 amide bonds. The topological polar surface area (TPSA) is 38.0 Å². The average molecular weight is 342 g/mol. The van der Waals surface area contributed by atoms with Crippen molar-refractivity contribution < 1.29 is 0 Å². The van der Waals surface area contributed by atoms with Crippen LogP contribution in [0.15, 0.2) is 21.1 Å². The molecule has 1 aliphatic rings. The molecular formula is C9H11Br2ClN2. The molecule has 0 unspecified atom stereocenters. The highest BCUT2D eigenvalue weighted by molar-refractivity contribution is 9.11. The molecule has 1 fully saturated rings. The standard InChI is InChI=1S/C9H10Br2N2.ClH/c10-5-3-6(8-1-2-13-8)9(12)7(11)4-5;/h3-4,8,13H,1-2,12H2;1H/t8-;/m0./s1. The lowest BCUT2D eigenvalue weighted by atomic mass is 9.97. The SMILES string of the molecule is Cl.Nc1c(Br)cc(Br)cc1[C@@H]1CCN1. The van der Waals surface area contributed by atoms with Crippen LogP contribution in [0.4, 0.5) is 5.69 Å². The fourth-order valence-electron chi connectivity index (χ4n) is 1.45. The molecule has 1 aliphatic heterocycles. The summed E-state index contributed by atoms with van der Waals surface area (Å²) in [6.45, 7) is 1.09. The van der Waals surface area contributed by atoms with Crippen molar-refractivity contribution in [2.24, 2.45) is 0 Å². The van der Waals surface area contributed by atoms with Crippen LogP contribution in [-0.2, 0) is 0 Å². The second kappa shape index (κ2) is 4.84. The maximum absolute atomic E-state index is 5.95. The van der Waals surface area contributed by atoms with E-state index in [4.69, 9.17) is 5.73 Å². The highest BCUT2D eigenvalue weighted by Gasteiger charge is 2.21. The molecule has 14 heavy (non-hydrogen) atoms. The lowest BCUT2D eigenvalue weighted by Crippen LogP contribution is -2.35. The quantitative estimate of drug-likeness (QED) is 0.769. The third-order valence-corrected chi connectivity index (χ3v) is 3.44. The van der Waals surface area contributed by atoms with Gasteiger partial charge in [-0.25, -0.2) is 0 Å². The van der Waals surface area contributed by atoms with E-state index < -0.39 is 0 Å². The minimum atomic E-state index is 0. The number of hydrogen-bond donors (Lipinski definition) is 2. The number of benzene rings is 1. The number of anilines is 1. The van der Waals surface area contributed by atoms with Crippen molar-refractivity contribution >= 4 is 50.0 Å². The van der Waals surface area contributed by atoms with Crippen molar-refractivity contribution in [2.45, 2.75) is 12.5 Å². The maximum Gasteiger partial charge on any atom is 0.0507 e. The number of nitrogen functional groups attached to an aromatic ring is 1. The Morgan fingerprint density at radius 1 is 1.36 bits per heavy atom. The van der Waals surface area contributed by atoms with Gasteiger partial charge in [0.15, 0.2) is 0 Å². The highest BCUT2D eigenvalue weighted by atomic mass is 79.9. The van der Waals surface area contributed by atoms with Gasteiger partial charge >= 0.3 is 0 Å². The Balaban J connectivity index is 0.000000980. The molecule has 0 aromatic heterocycles. The van der Waals surface area contributed by atoms with E-state index in [1.807, 2.05) is 6.07 Å². The van der Waals surface area contributed by atoms with Crippen LogP contribution in [0.5, 0.6) is 0 Å². The number of nitrogens with one attached hydrogen (secondary N) is 1. The Morgan fingerprint density at radius 3 is 2.50 bits per heavy atom. The van der Waals surface area contributed by atoms with E-state index >= 15 is 0 Å². The van der Waals surface area contributed by atoms with Crippen LogP contribution in [0.2, 0.25) is 0 Å². The second-order valence-corrected chi connectivity index (χ2v) is 4.96. The lowest BCUT2D eigenvalue weighted by Gasteiger charge is -2.29. The van der Waals surface area contributed by atoms with Crippen LogP contribution in [0, 0.1) is 0 Å². The van der Waals surface area contributed by atoms with Gasteiger partial charge in [-0.3, -0.25) is 0 Å². The zero-order valence-electron chi connectivity index (χ0n) is 7.39. The third-order valence-electron chi connectivity index (χ3n) is 2.33. The van der Waals surface area contributed by atoms with E-state index in [-0.39, 0.29) is 12.4 Å². The van der Waals surface area contributed by atoms with Crippen LogP contribution >= 0.6 is 44.3 Å². The summed E-state index contributed by atoms with van der Waals surface area (Å²) in [4.78, 5) is 0. The Hall–Kier alpha value is 0.230. The van der Waals surface area contributed by atoms with Crippen LogP contribution in [-0.4, -0.2) is 6.54 Å². The monoisotopic (exact) mass is 340 g/mol. The molecule has 0 saturated carbocycles. The van der Waals surface area contributed by atoms with Crippen LogP contribution < -0.4 is 11.1 Å². The molecule has 5 heteroatoms. The van der Waals surface area contributed by atoms with Gasteiger partial charge in [-0.2, -0.15) is 0 Å². The van der Waals surface area contributed by atoms with Gasteiger partial charge in [0.1, 0.15) is 0 Å². The summed E-state index contributed by atoms with van der Waals surface area (Å²) in [7, 11) is 0. The lowest BCUT2D eigenvalue weighted by molar-refractivity contribution is 0.384. The number of halogens is 3. The molecule has 1 saturated heterocycles. The first-order valence-corrected chi connectivity index (χ1v) is 5.75. The summed E-state index contributed by atoms with van der Waals surface area (Å²) in [6, 6.07) is 4.49. The predicted octanol–water partition coefficient (Wildman–Crippen LogP) is 3.25. The first-order chi connectivity index (χ1) is 6.18. The third kappa shape index (κ3) is 2.24. The molecular weight excluding hydrogens is 331 g/mol. The molecule has 0 aliphatic carbocycles. The number of nitrogens with two attached hydrogens (primary N) is 1. The highest BCUT2D eigenvalue weighted by Crippen LogP contribution is 2.35. The molecule has 1 aromatic rings. The molecule has 0 spiro atoms. The Morgan fingerprint density at radius 2 is 2.00 bits per heavy atom. The fourth-order valence-corrected chi connectivity index (χ4v) is 2.71. The molecule has 0 radical (unpaired) electrons. The molecule has 3 N–H and O–H groups in total. The smallest absolute Gasteiger partial charge is 0.0507 e. The Bertz CT molecular complexity index is 340. The normalized spacial score (nSPS) is 19.7. The Kier molecular flexibility index (Phi) is 4.25. The Labute approximate surface area is 106 Å². The average Bonchev–Trinajstić information content (AvgIpc) is 1.95. The van der Waals surface area contributed by atoms with Gasteiger partial charge in [0, 0.05) is 15.0 Å². The largest absolute Gasteiger partial charge is 0.398 e. The number of hydrogen-bond acceptors (Lipinski definition) is 2. The van der Waals surface area contributed by atoms with Crippen molar-refractivity contribution in [3.63, 3.8) is 0 Å². The van der Waals surface area contributed by atoms with E-state index in [1.165, 1.54) is 12.0 Å². The molecule has 1 heterocycles. The zero-order chi connectivity index (χ0) is 9.42. The molecule has 2 nitrogen and oxygen atoms in total. The zero-order valence-corrected chi connectivity index (χ0v) is 11.4. The van der Waals surface area contributed by atoms with Crippen LogP contribution in [0.25, 0.3) is 0 Å². The van der Waals surface area contributed by atoms with Crippen molar-refractivity contribution in [1.82, 2.24) is 5.32 Å². The summed E-state index contributed by atoms with van der Waals surface area (Å²) in [5.41, 5.74) is 7.99. The van der Waals surface area contributed by atoms with Crippen molar-refractivity contribution in [3.8, 4) is 0 Å². The van der Waals surface area contributed by atoms with Crippen LogP contribution in [0.1, 0.15) is 18.0 Å². The predicted molar refractivity (Wildman–Crippen MR) is 68.9 cm³/mol. The second-order valence-electron chi connectivity index (χ2n) is 3.19. The molecule has 1 atom stereocenters. The first-order valence-electron chi connectivity index (χ1n) is 4.16. The van der Waals surface area contributed by atoms with Gasteiger partial charge in [0.25, 0.3) is 0 Å². The minimum absolute atomic E-state index is 0. The van der Waals surface area contributed by atoms with Crippen LogP contribution in [0.3, 0.4) is 0 Å². The molecule has 0 bridgehead atoms. The molecule has 78 valence electrons. The number of rotatable bonds is 1. The van der Waals surface area contributed by atoms with Gasteiger partial charge in [0.2, 0.25) is 0 Å². The van der Waals surface area contributed by atoms with E-state index in [1.54, 1.807) is 0 Å². The van der Waals surface area contributed by atoms with Gasteiger partial charge in [-0.05, 0) is 46.6 Å². The van der Waals surface area contributed by atoms with Gasteiger partial charge < -0.3 is 11.1 Å². The van der Waals surface area contributed by atoms with Gasteiger partial charge in [-0.15, -0.1) is 12.4 Å². The van der Waals surface area contributed by atoms with Gasteiger partial charge in [0.05, 0.1) is 5.69 Å². The minimum Gasteiger partial charge on any atom is -0.398 e. The summed E-state index contributed by atoms with van der Waals surface area (Å²) in [6.07, 6.45) is 1.17.